The number of hydrogen-bond acceptors (Lipinski definition) is 3. The highest BCUT2D eigenvalue weighted by atomic mass is 16.4. The van der Waals surface area contributed by atoms with Crippen LogP contribution in [-0.4, -0.2) is 26.3 Å². The fraction of sp³-hybridized carbons (Fsp3) is 0.167. The van der Waals surface area contributed by atoms with Crippen LogP contribution in [0.4, 0.5) is 5.95 Å². The molecule has 0 saturated carbocycles. The highest BCUT2D eigenvalue weighted by Crippen LogP contribution is 2.15. The van der Waals surface area contributed by atoms with Crippen LogP contribution in [0.2, 0.25) is 0 Å². The summed E-state index contributed by atoms with van der Waals surface area (Å²) in [6, 6.07) is 0. The Labute approximate surface area is 62.0 Å². The number of nitrogens with zero attached hydrogens (tertiary/aromatic N) is 3. The Morgan fingerprint density at radius 3 is 3.18 bits per heavy atom. The molecule has 0 atom stereocenters. The third-order valence-electron chi connectivity index (χ3n) is 1.50. The molecule has 0 aromatic carbocycles. The number of carboxylic acid groups (broad SMARTS) is 1. The lowest BCUT2D eigenvalue weighted by atomic mass is 10.4. The summed E-state index contributed by atoms with van der Waals surface area (Å²) in [6.07, 6.45) is 3.30. The van der Waals surface area contributed by atoms with Crippen molar-refractivity contribution in [3.05, 3.63) is 12.4 Å². The summed E-state index contributed by atoms with van der Waals surface area (Å²) in [5, 5.41) is 8.53. The Morgan fingerprint density at radius 2 is 2.55 bits per heavy atom. The average Bonchev–Trinajstić information content (AvgIpc) is 2.40. The Balaban J connectivity index is 2.38. The Kier molecular flexibility index (Phi) is 1.06. The monoisotopic (exact) mass is 151 g/mol. The average molecular weight is 151 g/mol. The zero-order valence-corrected chi connectivity index (χ0v) is 5.56. The van der Waals surface area contributed by atoms with E-state index in [0.717, 1.165) is 0 Å². The van der Waals surface area contributed by atoms with Crippen molar-refractivity contribution in [3.63, 3.8) is 0 Å². The topological polar surface area (TPSA) is 67.5 Å². The second-order valence-electron chi connectivity index (χ2n) is 2.22. The second kappa shape index (κ2) is 1.91. The van der Waals surface area contributed by atoms with Gasteiger partial charge in [0.2, 0.25) is 5.95 Å². The number of rotatable bonds is 1. The molecular formula is C6H5N3O2. The van der Waals surface area contributed by atoms with Gasteiger partial charge in [-0.15, -0.1) is 0 Å². The van der Waals surface area contributed by atoms with E-state index in [4.69, 9.17) is 5.11 Å². The van der Waals surface area contributed by atoms with Crippen LogP contribution in [0.1, 0.15) is 0 Å². The predicted octanol–water partition coefficient (Wildman–Crippen LogP) is 0.0538. The van der Waals surface area contributed by atoms with Crippen LogP contribution in [0, 0.1) is 0 Å². The minimum Gasteiger partial charge on any atom is -0.477 e. The minimum absolute atomic E-state index is 0.146. The van der Waals surface area contributed by atoms with Gasteiger partial charge in [0.05, 0.1) is 6.54 Å². The lowest BCUT2D eigenvalue weighted by molar-refractivity contribution is -0.129. The summed E-state index contributed by atoms with van der Waals surface area (Å²) >= 11 is 0. The molecule has 2 heterocycles. The normalized spacial score (nSPS) is 14.4. The predicted molar refractivity (Wildman–Crippen MR) is 37.0 cm³/mol. The number of carboxylic acids is 1. The zero-order chi connectivity index (χ0) is 7.84. The van der Waals surface area contributed by atoms with Gasteiger partial charge >= 0.3 is 5.97 Å². The molecule has 1 aliphatic heterocycles. The first-order valence-corrected chi connectivity index (χ1v) is 3.09. The molecule has 0 bridgehead atoms. The Bertz CT molecular complexity index is 339. The van der Waals surface area contributed by atoms with Crippen LogP contribution >= 0.6 is 0 Å². The van der Waals surface area contributed by atoms with Gasteiger partial charge in [-0.2, -0.15) is 0 Å². The van der Waals surface area contributed by atoms with Gasteiger partial charge in [-0.05, 0) is 0 Å². The number of imidazole rings is 1. The first kappa shape index (κ1) is 6.09. The highest BCUT2D eigenvalue weighted by Gasteiger charge is 2.19. The summed E-state index contributed by atoms with van der Waals surface area (Å²) in [6.45, 7) is 0.324. The van der Waals surface area contributed by atoms with E-state index in [1.54, 1.807) is 17.0 Å². The summed E-state index contributed by atoms with van der Waals surface area (Å²) in [5.74, 6) is -0.502. The van der Waals surface area contributed by atoms with Crippen LogP contribution in [0.5, 0.6) is 0 Å². The molecule has 0 fully saturated rings. The molecule has 1 N–H and O–H groups in total. The van der Waals surface area contributed by atoms with E-state index in [1.165, 1.54) is 0 Å². The Hall–Kier alpha value is -1.65. The molecule has 1 aromatic heterocycles. The van der Waals surface area contributed by atoms with Crippen molar-refractivity contribution in [1.82, 2.24) is 9.55 Å². The number of aromatic nitrogens is 2. The summed E-state index contributed by atoms with van der Waals surface area (Å²) in [5.41, 5.74) is 0.146. The van der Waals surface area contributed by atoms with Gasteiger partial charge in [-0.1, -0.05) is 0 Å². The maximum Gasteiger partial charge on any atom is 0.352 e. The third kappa shape index (κ3) is 0.813. The fourth-order valence-electron chi connectivity index (χ4n) is 0.971. The maximum atomic E-state index is 10.4. The first-order chi connectivity index (χ1) is 5.27. The van der Waals surface area contributed by atoms with Crippen LogP contribution < -0.4 is 0 Å². The number of aliphatic carboxylic acids is 1. The molecule has 11 heavy (non-hydrogen) atoms. The second-order valence-corrected chi connectivity index (χ2v) is 2.22. The molecule has 0 aliphatic carbocycles. The molecule has 5 heteroatoms. The standard InChI is InChI=1S/C6H5N3O2/c10-5(11)4-3-9-2-1-7-6(9)8-4/h1-2H,3H2,(H,10,11). The van der Waals surface area contributed by atoms with E-state index in [-0.39, 0.29) is 5.71 Å². The summed E-state index contributed by atoms with van der Waals surface area (Å²) in [7, 11) is 0. The molecule has 1 aliphatic rings. The molecule has 56 valence electrons. The van der Waals surface area contributed by atoms with E-state index < -0.39 is 5.97 Å². The Morgan fingerprint density at radius 1 is 1.73 bits per heavy atom. The molecule has 1 aromatic rings. The van der Waals surface area contributed by atoms with Gasteiger partial charge in [0.25, 0.3) is 0 Å². The molecule has 0 radical (unpaired) electrons. The number of fused-ring (bicyclic) bond motifs is 1. The third-order valence-corrected chi connectivity index (χ3v) is 1.50. The van der Waals surface area contributed by atoms with Crippen LogP contribution in [0.3, 0.4) is 0 Å². The van der Waals surface area contributed by atoms with Gasteiger partial charge < -0.3 is 9.67 Å². The van der Waals surface area contributed by atoms with Gasteiger partial charge in [0, 0.05) is 12.4 Å². The molecule has 0 spiro atoms. The molecule has 2 rings (SSSR count). The SMILES string of the molecule is O=C(O)C1=Nc2nccn2C1. The minimum atomic E-state index is -0.976. The van der Waals surface area contributed by atoms with Crippen molar-refractivity contribution in [2.75, 3.05) is 0 Å². The summed E-state index contributed by atoms with van der Waals surface area (Å²) in [4.78, 5) is 18.0. The van der Waals surface area contributed by atoms with E-state index in [9.17, 15) is 4.79 Å². The fourth-order valence-corrected chi connectivity index (χ4v) is 0.971. The highest BCUT2D eigenvalue weighted by molar-refractivity contribution is 6.36. The van der Waals surface area contributed by atoms with Crippen molar-refractivity contribution < 1.29 is 9.90 Å². The number of carbonyl (C=O) groups is 1. The van der Waals surface area contributed by atoms with Crippen molar-refractivity contribution in [3.8, 4) is 0 Å². The molecule has 0 unspecified atom stereocenters. The van der Waals surface area contributed by atoms with Gasteiger partial charge in [-0.3, -0.25) is 0 Å². The van der Waals surface area contributed by atoms with E-state index in [1.807, 2.05) is 0 Å². The lowest BCUT2D eigenvalue weighted by Crippen LogP contribution is -2.14. The largest absolute Gasteiger partial charge is 0.477 e. The maximum absolute atomic E-state index is 10.4. The number of hydrogen-bond donors (Lipinski definition) is 1. The number of aliphatic imine (C=N–C) groups is 1. The van der Waals surface area contributed by atoms with Crippen molar-refractivity contribution in [1.29, 1.82) is 0 Å². The van der Waals surface area contributed by atoms with Crippen LogP contribution in [0.25, 0.3) is 0 Å². The van der Waals surface area contributed by atoms with Gasteiger partial charge in [-0.25, -0.2) is 14.8 Å². The zero-order valence-electron chi connectivity index (χ0n) is 5.56. The van der Waals surface area contributed by atoms with E-state index in [2.05, 4.69) is 9.98 Å². The molecule has 0 amide bonds. The van der Waals surface area contributed by atoms with E-state index >= 15 is 0 Å². The van der Waals surface area contributed by atoms with Crippen molar-refractivity contribution in [2.24, 2.45) is 4.99 Å². The summed E-state index contributed by atoms with van der Waals surface area (Å²) < 4.78 is 1.68. The van der Waals surface area contributed by atoms with Gasteiger partial charge in [0.15, 0.2) is 0 Å². The smallest absolute Gasteiger partial charge is 0.352 e. The van der Waals surface area contributed by atoms with Crippen LogP contribution in [0.15, 0.2) is 17.4 Å². The van der Waals surface area contributed by atoms with Crippen LogP contribution in [-0.2, 0) is 11.3 Å². The molecule has 0 saturated heterocycles. The van der Waals surface area contributed by atoms with Gasteiger partial charge in [0.1, 0.15) is 5.71 Å². The van der Waals surface area contributed by atoms with Crippen molar-refractivity contribution >= 4 is 17.6 Å². The first-order valence-electron chi connectivity index (χ1n) is 3.09. The molecule has 5 nitrogen and oxygen atoms in total. The van der Waals surface area contributed by atoms with Crippen molar-refractivity contribution in [2.45, 2.75) is 6.54 Å². The van der Waals surface area contributed by atoms with E-state index in [0.29, 0.717) is 12.5 Å². The quantitative estimate of drug-likeness (QED) is 0.616. The molecular weight excluding hydrogens is 146 g/mol. The lowest BCUT2D eigenvalue weighted by Gasteiger charge is -1.90.